The van der Waals surface area contributed by atoms with Gasteiger partial charge in [0, 0.05) is 10.7 Å². The van der Waals surface area contributed by atoms with Crippen molar-refractivity contribution in [1.29, 1.82) is 0 Å². The van der Waals surface area contributed by atoms with E-state index < -0.39 is 30.9 Å². The molecule has 0 saturated carbocycles. The van der Waals surface area contributed by atoms with Gasteiger partial charge in [-0.15, -0.1) is 0 Å². The monoisotopic (exact) mass is 499 g/mol. The molecule has 0 aromatic heterocycles. The maximum absolute atomic E-state index is 12.6. The predicted molar refractivity (Wildman–Crippen MR) is 115 cm³/mol. The molecule has 0 fully saturated rings. The second kappa shape index (κ2) is 8.75. The minimum absolute atomic E-state index is 0.0385. The quantitative estimate of drug-likeness (QED) is 0.513. The van der Waals surface area contributed by atoms with Crippen molar-refractivity contribution in [2.24, 2.45) is 0 Å². The maximum Gasteiger partial charge on any atom is 0.263 e. The Balaban J connectivity index is 1.83. The molecule has 0 spiro atoms. The zero-order chi connectivity index (χ0) is 22.8. The van der Waals surface area contributed by atoms with E-state index in [9.17, 15) is 26.7 Å². The third-order valence-electron chi connectivity index (χ3n) is 3.95. The van der Waals surface area contributed by atoms with E-state index in [1.165, 1.54) is 36.4 Å². The minimum Gasteiger partial charge on any atom is -0.545 e. The molecule has 31 heavy (non-hydrogen) atoms. The van der Waals surface area contributed by atoms with Gasteiger partial charge in [-0.05, 0) is 60.2 Å². The molecule has 8 nitrogen and oxygen atoms in total. The van der Waals surface area contributed by atoms with Crippen LogP contribution in [0.3, 0.4) is 0 Å². The van der Waals surface area contributed by atoms with Crippen molar-refractivity contribution in [3.05, 3.63) is 82.3 Å². The molecular formula is C19H13Cl2N2O6S2-. The van der Waals surface area contributed by atoms with E-state index in [0.29, 0.717) is 5.02 Å². The fraction of sp³-hybridized carbons (Fsp3) is 0. The number of nitrogens with one attached hydrogen (secondary N) is 2. The van der Waals surface area contributed by atoms with Gasteiger partial charge in [0.15, 0.2) is 0 Å². The van der Waals surface area contributed by atoms with Crippen molar-refractivity contribution in [2.75, 3.05) is 9.44 Å². The number of halogens is 2. The van der Waals surface area contributed by atoms with Crippen molar-refractivity contribution in [1.82, 2.24) is 0 Å². The maximum atomic E-state index is 12.6. The van der Waals surface area contributed by atoms with E-state index in [2.05, 4.69) is 9.44 Å². The SMILES string of the molecule is O=C([O-])c1ccc(Cl)c(S(=O)(=O)Nc2ccc(S(=O)(=O)Nc3cccc(Cl)c3)cc2)c1. The smallest absolute Gasteiger partial charge is 0.263 e. The summed E-state index contributed by atoms with van der Waals surface area (Å²) in [5.74, 6) is -1.56. The van der Waals surface area contributed by atoms with E-state index >= 15 is 0 Å². The predicted octanol–water partition coefficient (Wildman–Crippen LogP) is 2.96. The van der Waals surface area contributed by atoms with Crippen LogP contribution in [0.2, 0.25) is 10.0 Å². The zero-order valence-electron chi connectivity index (χ0n) is 15.4. The van der Waals surface area contributed by atoms with Gasteiger partial charge in [0.25, 0.3) is 20.0 Å². The standard InChI is InChI=1S/C19H14Cl2N2O6S2/c20-13-2-1-3-15(11-13)23-30(26,27)16-7-5-14(6-8-16)22-31(28,29)18-10-12(19(24)25)4-9-17(18)21/h1-11,22-23H,(H,24,25)/p-1. The number of carboxylic acids is 1. The number of carbonyl (C=O) groups excluding carboxylic acids is 1. The summed E-state index contributed by atoms with van der Waals surface area (Å²) in [5, 5.41) is 11.2. The van der Waals surface area contributed by atoms with Crippen LogP contribution in [-0.4, -0.2) is 22.8 Å². The Morgan fingerprint density at radius 3 is 2.03 bits per heavy atom. The molecule has 0 saturated heterocycles. The second-order valence-corrected chi connectivity index (χ2v) is 10.4. The van der Waals surface area contributed by atoms with Gasteiger partial charge < -0.3 is 9.90 Å². The van der Waals surface area contributed by atoms with E-state index in [-0.39, 0.29) is 26.9 Å². The number of anilines is 2. The molecule has 3 rings (SSSR count). The number of hydrogen-bond acceptors (Lipinski definition) is 6. The number of sulfonamides is 2. The van der Waals surface area contributed by atoms with Crippen LogP contribution in [0.5, 0.6) is 0 Å². The number of benzene rings is 3. The van der Waals surface area contributed by atoms with Crippen molar-refractivity contribution in [2.45, 2.75) is 9.79 Å². The van der Waals surface area contributed by atoms with Gasteiger partial charge in [0.1, 0.15) is 4.90 Å². The van der Waals surface area contributed by atoms with Gasteiger partial charge in [-0.2, -0.15) is 0 Å². The Hall–Kier alpha value is -2.79. The van der Waals surface area contributed by atoms with Crippen LogP contribution in [0.1, 0.15) is 10.4 Å². The van der Waals surface area contributed by atoms with Gasteiger partial charge in [0.05, 0.1) is 21.6 Å². The molecule has 0 aliphatic heterocycles. The molecule has 0 unspecified atom stereocenters. The van der Waals surface area contributed by atoms with Gasteiger partial charge in [-0.25, -0.2) is 16.8 Å². The zero-order valence-corrected chi connectivity index (χ0v) is 18.5. The molecule has 0 aliphatic carbocycles. The summed E-state index contributed by atoms with van der Waals surface area (Å²) >= 11 is 11.7. The summed E-state index contributed by atoms with van der Waals surface area (Å²) in [4.78, 5) is 10.4. The van der Waals surface area contributed by atoms with Gasteiger partial charge >= 0.3 is 0 Å². The molecule has 0 aliphatic rings. The number of carboxylic acid groups (broad SMARTS) is 1. The summed E-state index contributed by atoms with van der Waals surface area (Å²) in [6.07, 6.45) is 0. The van der Waals surface area contributed by atoms with Gasteiger partial charge in [0.2, 0.25) is 0 Å². The summed E-state index contributed by atoms with van der Waals surface area (Å²) in [5.41, 5.74) is -0.0605. The van der Waals surface area contributed by atoms with Crippen molar-refractivity contribution in [3.63, 3.8) is 0 Å². The molecule has 3 aromatic rings. The highest BCUT2D eigenvalue weighted by Crippen LogP contribution is 2.26. The highest BCUT2D eigenvalue weighted by molar-refractivity contribution is 7.93. The molecule has 0 atom stereocenters. The number of rotatable bonds is 7. The van der Waals surface area contributed by atoms with Crippen LogP contribution in [0, 0.1) is 0 Å². The van der Waals surface area contributed by atoms with Crippen LogP contribution >= 0.6 is 23.2 Å². The Kier molecular flexibility index (Phi) is 6.46. The molecule has 0 heterocycles. The number of carbonyl (C=O) groups is 1. The van der Waals surface area contributed by atoms with Crippen molar-refractivity contribution in [3.8, 4) is 0 Å². The molecule has 0 radical (unpaired) electrons. The van der Waals surface area contributed by atoms with Crippen LogP contribution in [-0.2, 0) is 20.0 Å². The Morgan fingerprint density at radius 2 is 1.42 bits per heavy atom. The molecule has 0 bridgehead atoms. The number of hydrogen-bond donors (Lipinski definition) is 2. The van der Waals surface area contributed by atoms with Crippen LogP contribution < -0.4 is 14.6 Å². The lowest BCUT2D eigenvalue weighted by Gasteiger charge is -2.12. The fourth-order valence-electron chi connectivity index (χ4n) is 2.51. The Morgan fingerprint density at radius 1 is 0.774 bits per heavy atom. The third kappa shape index (κ3) is 5.47. The average Bonchev–Trinajstić information content (AvgIpc) is 2.67. The van der Waals surface area contributed by atoms with E-state index in [4.69, 9.17) is 23.2 Å². The van der Waals surface area contributed by atoms with E-state index in [0.717, 1.165) is 18.2 Å². The molecule has 2 N–H and O–H groups in total. The first-order valence-corrected chi connectivity index (χ1v) is 12.1. The summed E-state index contributed by atoms with van der Waals surface area (Å²) in [6, 6.07) is 14.1. The second-order valence-electron chi connectivity index (χ2n) is 6.18. The van der Waals surface area contributed by atoms with E-state index in [1.54, 1.807) is 12.1 Å². The third-order valence-corrected chi connectivity index (χ3v) is 7.45. The minimum atomic E-state index is -4.25. The average molecular weight is 500 g/mol. The molecule has 162 valence electrons. The first-order chi connectivity index (χ1) is 14.5. The molecular weight excluding hydrogens is 487 g/mol. The normalized spacial score (nSPS) is 11.7. The fourth-order valence-corrected chi connectivity index (χ4v) is 5.34. The molecule has 3 aromatic carbocycles. The highest BCUT2D eigenvalue weighted by Gasteiger charge is 2.20. The highest BCUT2D eigenvalue weighted by atomic mass is 35.5. The Labute approximate surface area is 188 Å². The number of aromatic carboxylic acids is 1. The first kappa shape index (κ1) is 22.9. The first-order valence-electron chi connectivity index (χ1n) is 8.40. The largest absolute Gasteiger partial charge is 0.545 e. The van der Waals surface area contributed by atoms with Gasteiger partial charge in [-0.1, -0.05) is 35.3 Å². The van der Waals surface area contributed by atoms with Crippen LogP contribution in [0.4, 0.5) is 11.4 Å². The lowest BCUT2D eigenvalue weighted by atomic mass is 10.2. The van der Waals surface area contributed by atoms with E-state index in [1.807, 2.05) is 0 Å². The lowest BCUT2D eigenvalue weighted by Crippen LogP contribution is -2.23. The molecule has 0 amide bonds. The topological polar surface area (TPSA) is 132 Å². The summed E-state index contributed by atoms with van der Waals surface area (Å²) < 4.78 is 54.8. The lowest BCUT2D eigenvalue weighted by molar-refractivity contribution is -0.255. The summed E-state index contributed by atoms with van der Waals surface area (Å²) in [6.45, 7) is 0. The van der Waals surface area contributed by atoms with Crippen LogP contribution in [0.25, 0.3) is 0 Å². The van der Waals surface area contributed by atoms with Crippen LogP contribution in [0.15, 0.2) is 76.5 Å². The van der Waals surface area contributed by atoms with Gasteiger partial charge in [-0.3, -0.25) is 9.44 Å². The van der Waals surface area contributed by atoms with Crippen molar-refractivity contribution >= 4 is 60.6 Å². The molecule has 12 heteroatoms. The van der Waals surface area contributed by atoms with Crippen molar-refractivity contribution < 1.29 is 26.7 Å². The summed E-state index contributed by atoms with van der Waals surface area (Å²) in [7, 11) is -8.20. The Bertz CT molecular complexity index is 1360.